The van der Waals surface area contributed by atoms with Crippen molar-refractivity contribution >= 4 is 17.7 Å². The number of hydrogen-bond donors (Lipinski definition) is 1. The average Bonchev–Trinajstić information content (AvgIpc) is 2.47. The summed E-state index contributed by atoms with van der Waals surface area (Å²) in [6, 6.07) is 4.13. The fourth-order valence-corrected chi connectivity index (χ4v) is 2.02. The van der Waals surface area contributed by atoms with Gasteiger partial charge in [-0.25, -0.2) is 4.79 Å². The Morgan fingerprint density at radius 2 is 2.14 bits per heavy atom. The molecule has 0 atom stereocenters. The minimum absolute atomic E-state index is 0.0304. The van der Waals surface area contributed by atoms with Crippen LogP contribution in [0, 0.1) is 10.1 Å². The highest BCUT2D eigenvalue weighted by molar-refractivity contribution is 5.86. The third kappa shape index (κ3) is 4.28. The lowest BCUT2D eigenvalue weighted by atomic mass is 10.1. The van der Waals surface area contributed by atoms with E-state index in [4.69, 9.17) is 14.6 Å². The lowest BCUT2D eigenvalue weighted by Gasteiger charge is -2.24. The summed E-state index contributed by atoms with van der Waals surface area (Å²) in [4.78, 5) is 20.9. The van der Waals surface area contributed by atoms with E-state index in [0.29, 0.717) is 24.5 Å². The van der Waals surface area contributed by atoms with E-state index in [0.717, 1.165) is 18.9 Å². The van der Waals surface area contributed by atoms with Crippen LogP contribution in [0.15, 0.2) is 24.3 Å². The summed E-state index contributed by atoms with van der Waals surface area (Å²) < 4.78 is 11.0. The Morgan fingerprint density at radius 3 is 2.76 bits per heavy atom. The number of carboxylic acids is 1. The Morgan fingerprint density at radius 1 is 1.43 bits per heavy atom. The Balaban J connectivity index is 2.25. The SMILES string of the molecule is O=C(O)C=Cc1cc([N+](=O)[O-])ccc1OC1CCOCC1. The van der Waals surface area contributed by atoms with Crippen molar-refractivity contribution in [2.75, 3.05) is 13.2 Å². The van der Waals surface area contributed by atoms with Crippen molar-refractivity contribution in [2.45, 2.75) is 18.9 Å². The maximum Gasteiger partial charge on any atom is 0.328 e. The number of rotatable bonds is 5. The summed E-state index contributed by atoms with van der Waals surface area (Å²) in [5, 5.41) is 19.5. The number of hydrogen-bond acceptors (Lipinski definition) is 5. The predicted molar refractivity (Wildman–Crippen MR) is 74.2 cm³/mol. The first-order valence-electron chi connectivity index (χ1n) is 6.50. The van der Waals surface area contributed by atoms with Crippen molar-refractivity contribution in [3.8, 4) is 5.75 Å². The molecule has 1 N–H and O–H groups in total. The van der Waals surface area contributed by atoms with E-state index >= 15 is 0 Å². The number of aliphatic carboxylic acids is 1. The second-order valence-corrected chi connectivity index (χ2v) is 4.58. The normalized spacial score (nSPS) is 16.0. The number of nitro benzene ring substituents is 1. The lowest BCUT2D eigenvalue weighted by Crippen LogP contribution is -2.26. The van der Waals surface area contributed by atoms with Gasteiger partial charge >= 0.3 is 5.97 Å². The molecular weight excluding hydrogens is 278 g/mol. The van der Waals surface area contributed by atoms with Crippen LogP contribution in [0.5, 0.6) is 5.75 Å². The van der Waals surface area contributed by atoms with Gasteiger partial charge in [0.25, 0.3) is 5.69 Å². The quantitative estimate of drug-likeness (QED) is 0.508. The molecule has 7 nitrogen and oxygen atoms in total. The van der Waals surface area contributed by atoms with Crippen molar-refractivity contribution in [3.05, 3.63) is 40.0 Å². The van der Waals surface area contributed by atoms with Gasteiger partial charge in [0, 0.05) is 36.6 Å². The molecule has 1 aromatic rings. The molecule has 1 heterocycles. The standard InChI is InChI=1S/C14H15NO6/c16-14(17)4-1-10-9-11(15(18)19)2-3-13(10)21-12-5-7-20-8-6-12/h1-4,9,12H,5-8H2,(H,16,17). The molecule has 0 amide bonds. The molecule has 0 unspecified atom stereocenters. The van der Waals surface area contributed by atoms with Gasteiger partial charge < -0.3 is 14.6 Å². The molecule has 0 saturated carbocycles. The molecule has 1 fully saturated rings. The van der Waals surface area contributed by atoms with Gasteiger partial charge in [-0.3, -0.25) is 10.1 Å². The Bertz CT molecular complexity index is 563. The number of benzene rings is 1. The highest BCUT2D eigenvalue weighted by atomic mass is 16.6. The Hall–Kier alpha value is -2.41. The highest BCUT2D eigenvalue weighted by Gasteiger charge is 2.18. The van der Waals surface area contributed by atoms with E-state index in [-0.39, 0.29) is 11.8 Å². The summed E-state index contributed by atoms with van der Waals surface area (Å²) in [6.07, 6.45) is 3.66. The van der Waals surface area contributed by atoms with E-state index in [1.165, 1.54) is 24.3 Å². The summed E-state index contributed by atoms with van der Waals surface area (Å²) in [7, 11) is 0. The number of nitro groups is 1. The van der Waals surface area contributed by atoms with Crippen molar-refractivity contribution < 1.29 is 24.3 Å². The van der Waals surface area contributed by atoms with E-state index in [1.807, 2.05) is 0 Å². The average molecular weight is 293 g/mol. The number of ether oxygens (including phenoxy) is 2. The molecule has 0 bridgehead atoms. The van der Waals surface area contributed by atoms with Crippen LogP contribution in [0.4, 0.5) is 5.69 Å². The molecule has 0 aromatic heterocycles. The number of non-ortho nitro benzene ring substituents is 1. The summed E-state index contributed by atoms with van der Waals surface area (Å²) in [5.74, 6) is -0.691. The van der Waals surface area contributed by atoms with E-state index < -0.39 is 10.9 Å². The van der Waals surface area contributed by atoms with Gasteiger partial charge in [0.2, 0.25) is 0 Å². The smallest absolute Gasteiger partial charge is 0.328 e. The monoisotopic (exact) mass is 293 g/mol. The van der Waals surface area contributed by atoms with Crippen LogP contribution < -0.4 is 4.74 Å². The molecule has 2 rings (SSSR count). The van der Waals surface area contributed by atoms with Crippen molar-refractivity contribution in [2.24, 2.45) is 0 Å². The summed E-state index contributed by atoms with van der Waals surface area (Å²) in [5.41, 5.74) is 0.262. The minimum atomic E-state index is -1.13. The summed E-state index contributed by atoms with van der Waals surface area (Å²) >= 11 is 0. The van der Waals surface area contributed by atoms with Gasteiger partial charge in [-0.1, -0.05) is 0 Å². The van der Waals surface area contributed by atoms with Crippen LogP contribution >= 0.6 is 0 Å². The number of nitrogens with zero attached hydrogens (tertiary/aromatic N) is 1. The first kappa shape index (κ1) is 15.0. The van der Waals surface area contributed by atoms with Crippen LogP contribution in [0.3, 0.4) is 0 Å². The van der Waals surface area contributed by atoms with Crippen LogP contribution in [-0.2, 0) is 9.53 Å². The first-order valence-corrected chi connectivity index (χ1v) is 6.50. The Kier molecular flexibility index (Phi) is 4.89. The second-order valence-electron chi connectivity index (χ2n) is 4.58. The van der Waals surface area contributed by atoms with E-state index in [9.17, 15) is 14.9 Å². The lowest BCUT2D eigenvalue weighted by molar-refractivity contribution is -0.384. The fraction of sp³-hybridized carbons (Fsp3) is 0.357. The molecule has 1 aromatic carbocycles. The van der Waals surface area contributed by atoms with E-state index in [2.05, 4.69) is 0 Å². The largest absolute Gasteiger partial charge is 0.490 e. The van der Waals surface area contributed by atoms with Crippen molar-refractivity contribution in [1.82, 2.24) is 0 Å². The van der Waals surface area contributed by atoms with Gasteiger partial charge in [-0.15, -0.1) is 0 Å². The zero-order valence-electron chi connectivity index (χ0n) is 11.2. The summed E-state index contributed by atoms with van der Waals surface area (Å²) in [6.45, 7) is 1.22. The van der Waals surface area contributed by atoms with Crippen LogP contribution in [-0.4, -0.2) is 35.3 Å². The third-order valence-electron chi connectivity index (χ3n) is 3.07. The molecule has 112 valence electrons. The van der Waals surface area contributed by atoms with Gasteiger partial charge in [0.05, 0.1) is 18.1 Å². The maximum absolute atomic E-state index is 10.8. The molecular formula is C14H15NO6. The molecule has 0 spiro atoms. The molecule has 0 aliphatic carbocycles. The van der Waals surface area contributed by atoms with Crippen LogP contribution in [0.1, 0.15) is 18.4 Å². The zero-order chi connectivity index (χ0) is 15.2. The van der Waals surface area contributed by atoms with Crippen molar-refractivity contribution in [3.63, 3.8) is 0 Å². The number of carboxylic acid groups (broad SMARTS) is 1. The van der Waals surface area contributed by atoms with Gasteiger partial charge in [-0.2, -0.15) is 0 Å². The zero-order valence-corrected chi connectivity index (χ0v) is 11.2. The molecule has 1 saturated heterocycles. The molecule has 21 heavy (non-hydrogen) atoms. The maximum atomic E-state index is 10.8. The van der Waals surface area contributed by atoms with Crippen LogP contribution in [0.25, 0.3) is 6.08 Å². The topological polar surface area (TPSA) is 98.9 Å². The van der Waals surface area contributed by atoms with Gasteiger partial charge in [-0.05, 0) is 12.1 Å². The minimum Gasteiger partial charge on any atom is -0.490 e. The molecule has 0 radical (unpaired) electrons. The predicted octanol–water partition coefficient (Wildman–Crippen LogP) is 2.25. The Labute approximate surface area is 120 Å². The van der Waals surface area contributed by atoms with E-state index in [1.54, 1.807) is 0 Å². The van der Waals surface area contributed by atoms with Gasteiger partial charge in [0.15, 0.2) is 0 Å². The van der Waals surface area contributed by atoms with Crippen molar-refractivity contribution in [1.29, 1.82) is 0 Å². The molecule has 1 aliphatic rings. The molecule has 1 aliphatic heterocycles. The first-order chi connectivity index (χ1) is 10.1. The highest BCUT2D eigenvalue weighted by Crippen LogP contribution is 2.28. The number of carbonyl (C=O) groups is 1. The molecule has 7 heteroatoms. The van der Waals surface area contributed by atoms with Crippen LogP contribution in [0.2, 0.25) is 0 Å². The van der Waals surface area contributed by atoms with Gasteiger partial charge in [0.1, 0.15) is 11.9 Å². The second kappa shape index (κ2) is 6.85. The third-order valence-corrected chi connectivity index (χ3v) is 3.07. The fourth-order valence-electron chi connectivity index (χ4n) is 2.02.